The van der Waals surface area contributed by atoms with Crippen LogP contribution >= 0.6 is 0 Å². The van der Waals surface area contributed by atoms with Crippen LogP contribution in [0.1, 0.15) is 52.9 Å². The predicted molar refractivity (Wildman–Crippen MR) is 134 cm³/mol. The van der Waals surface area contributed by atoms with E-state index in [1.54, 1.807) is 13.8 Å². The zero-order valence-corrected chi connectivity index (χ0v) is 21.8. The lowest BCUT2D eigenvalue weighted by Gasteiger charge is -2.29. The zero-order valence-electron chi connectivity index (χ0n) is 21.8. The van der Waals surface area contributed by atoms with E-state index in [-0.39, 0.29) is 44.7 Å². The van der Waals surface area contributed by atoms with Crippen LogP contribution in [0, 0.1) is 17.2 Å². The molecule has 8 N–H and O–H groups in total. The molecule has 1 saturated heterocycles. The predicted octanol–water partition coefficient (Wildman–Crippen LogP) is -1.50. The highest BCUT2D eigenvalue weighted by Gasteiger charge is 2.39. The summed E-state index contributed by atoms with van der Waals surface area (Å²) >= 11 is 0. The Kier molecular flexibility index (Phi) is 12.9. The summed E-state index contributed by atoms with van der Waals surface area (Å²) in [6, 6.07) is -2.60. The van der Waals surface area contributed by atoms with Gasteiger partial charge in [0.05, 0.1) is 12.6 Å². The van der Waals surface area contributed by atoms with Crippen molar-refractivity contribution in [3.63, 3.8) is 0 Å². The molecule has 15 heteroatoms. The molecule has 1 fully saturated rings. The van der Waals surface area contributed by atoms with Crippen LogP contribution in [0.4, 0.5) is 4.39 Å². The van der Waals surface area contributed by atoms with Crippen LogP contribution in [0.15, 0.2) is 4.99 Å². The Morgan fingerprint density at radius 2 is 1.76 bits per heavy atom. The highest BCUT2D eigenvalue weighted by molar-refractivity contribution is 5.94. The third kappa shape index (κ3) is 10.6. The van der Waals surface area contributed by atoms with Crippen molar-refractivity contribution in [1.29, 1.82) is 5.26 Å². The number of hydrogen-bond acceptors (Lipinski definition) is 7. The first-order valence-corrected chi connectivity index (χ1v) is 12.3. The van der Waals surface area contributed by atoms with Crippen LogP contribution in [0.2, 0.25) is 0 Å². The van der Waals surface area contributed by atoms with Crippen LogP contribution < -0.4 is 27.4 Å². The molecule has 5 atom stereocenters. The molecule has 0 aromatic rings. The number of nitriles is 1. The number of carbonyl (C=O) groups is 5. The minimum absolute atomic E-state index is 0.0683. The number of carboxylic acid groups (broad SMARTS) is 1. The summed E-state index contributed by atoms with van der Waals surface area (Å²) < 4.78 is 14.0. The Morgan fingerprint density at radius 1 is 1.11 bits per heavy atom. The number of likely N-dealkylation sites (tertiary alicyclic amines) is 1. The lowest BCUT2D eigenvalue weighted by molar-refractivity contribution is -0.139. The Morgan fingerprint density at radius 3 is 2.29 bits per heavy atom. The molecule has 4 amide bonds. The number of aliphatic imine (C=N–C) groups is 1. The Bertz CT molecular complexity index is 949. The maximum absolute atomic E-state index is 14.0. The summed E-state index contributed by atoms with van der Waals surface area (Å²) in [4.78, 5) is 66.7. The minimum atomic E-state index is -1.37. The van der Waals surface area contributed by atoms with E-state index < -0.39 is 72.3 Å². The molecule has 0 aromatic carbocycles. The summed E-state index contributed by atoms with van der Waals surface area (Å²) in [6.07, 6.45) is -1.76. The molecular formula is C23H37FN8O6. The fourth-order valence-corrected chi connectivity index (χ4v) is 3.94. The standard InChI is InChI=1S/C23H37FN8O6/c1-12(2)19(31-20(36)16(29-13(3)33)6-7-18(34)35)21(37)30-17(5-4-8-28-23(26)27)22(38)32-11-14(24)9-15(32)10-25/h12,14-17,19H,4-9,11H2,1-3H3,(H,29,33)(H,30,37)(H,31,36)(H,34,35)(H4,26,27,28)/t14?,15?,16-,17-,19-/m0/s1. The number of nitrogens with zero attached hydrogens (tertiary/aromatic N) is 3. The van der Waals surface area contributed by atoms with E-state index in [9.17, 15) is 33.6 Å². The average molecular weight is 541 g/mol. The van der Waals surface area contributed by atoms with Crippen molar-refractivity contribution in [2.24, 2.45) is 22.4 Å². The van der Waals surface area contributed by atoms with Gasteiger partial charge < -0.3 is 37.4 Å². The molecular weight excluding hydrogens is 503 g/mol. The highest BCUT2D eigenvalue weighted by atomic mass is 19.1. The number of nitrogens with two attached hydrogens (primary N) is 2. The first-order chi connectivity index (χ1) is 17.8. The van der Waals surface area contributed by atoms with E-state index in [2.05, 4.69) is 20.9 Å². The van der Waals surface area contributed by atoms with Crippen molar-refractivity contribution in [1.82, 2.24) is 20.9 Å². The number of aliphatic carboxylic acids is 1. The van der Waals surface area contributed by atoms with E-state index in [0.29, 0.717) is 0 Å². The summed E-state index contributed by atoms with van der Waals surface area (Å²) in [7, 11) is 0. The number of nitrogens with one attached hydrogen (secondary N) is 3. The van der Waals surface area contributed by atoms with Gasteiger partial charge in [-0.3, -0.25) is 29.0 Å². The second kappa shape index (κ2) is 15.3. The van der Waals surface area contributed by atoms with Crippen LogP contribution in [0.3, 0.4) is 0 Å². The van der Waals surface area contributed by atoms with Crippen LogP contribution in [-0.2, 0) is 24.0 Å². The molecule has 0 radical (unpaired) electrons. The number of guanidine groups is 1. The number of carbonyl (C=O) groups excluding carboxylic acids is 4. The monoisotopic (exact) mass is 540 g/mol. The Hall–Kier alpha value is -3.96. The van der Waals surface area contributed by atoms with Gasteiger partial charge in [-0.05, 0) is 25.2 Å². The fourth-order valence-electron chi connectivity index (χ4n) is 3.94. The Labute approximate surface area is 220 Å². The first kappa shape index (κ1) is 32.1. The van der Waals surface area contributed by atoms with Crippen LogP contribution in [0.25, 0.3) is 0 Å². The fraction of sp³-hybridized carbons (Fsp3) is 0.696. The molecule has 0 bridgehead atoms. The third-order valence-corrected chi connectivity index (χ3v) is 5.83. The first-order valence-electron chi connectivity index (χ1n) is 12.3. The summed E-state index contributed by atoms with van der Waals surface area (Å²) in [5, 5.41) is 25.8. The molecule has 0 spiro atoms. The van der Waals surface area contributed by atoms with Crippen molar-refractivity contribution < 1.29 is 33.5 Å². The van der Waals surface area contributed by atoms with Gasteiger partial charge in [-0.15, -0.1) is 0 Å². The van der Waals surface area contributed by atoms with Gasteiger partial charge in [0.1, 0.15) is 30.3 Å². The molecule has 14 nitrogen and oxygen atoms in total. The van der Waals surface area contributed by atoms with Gasteiger partial charge in [0.15, 0.2) is 5.96 Å². The number of hydrogen-bond donors (Lipinski definition) is 6. The van der Waals surface area contributed by atoms with E-state index >= 15 is 0 Å². The van der Waals surface area contributed by atoms with Gasteiger partial charge in [0.25, 0.3) is 0 Å². The molecule has 212 valence electrons. The summed E-state index contributed by atoms with van der Waals surface area (Å²) in [5.41, 5.74) is 10.6. The van der Waals surface area contributed by atoms with Gasteiger partial charge in [-0.2, -0.15) is 5.26 Å². The molecule has 1 rings (SSSR count). The Balaban J connectivity index is 3.08. The number of alkyl halides is 1. The molecule has 0 aliphatic carbocycles. The van der Waals surface area contributed by atoms with Crippen molar-refractivity contribution >= 4 is 35.6 Å². The van der Waals surface area contributed by atoms with E-state index in [0.717, 1.165) is 4.90 Å². The highest BCUT2D eigenvalue weighted by Crippen LogP contribution is 2.22. The van der Waals surface area contributed by atoms with Gasteiger partial charge in [-0.1, -0.05) is 13.8 Å². The maximum Gasteiger partial charge on any atom is 0.303 e. The van der Waals surface area contributed by atoms with E-state index in [1.807, 2.05) is 6.07 Å². The molecule has 1 heterocycles. The molecule has 38 heavy (non-hydrogen) atoms. The van der Waals surface area contributed by atoms with E-state index in [1.165, 1.54) is 6.92 Å². The maximum atomic E-state index is 14.0. The molecule has 1 aliphatic rings. The summed E-state index contributed by atoms with van der Waals surface area (Å²) in [5.74, 6) is -4.49. The topological polar surface area (TPSA) is 233 Å². The average Bonchev–Trinajstić information content (AvgIpc) is 3.21. The quantitative estimate of drug-likeness (QED) is 0.0853. The second-order valence-electron chi connectivity index (χ2n) is 9.39. The van der Waals surface area contributed by atoms with Crippen molar-refractivity contribution in [2.45, 2.75) is 83.2 Å². The van der Waals surface area contributed by atoms with Gasteiger partial charge in [0, 0.05) is 26.3 Å². The largest absolute Gasteiger partial charge is 0.481 e. The SMILES string of the molecule is CC(=O)N[C@@H](CCC(=O)O)C(=O)N[C@H](C(=O)N[C@@H](CCCN=C(N)N)C(=O)N1CC(F)CC1C#N)C(C)C. The van der Waals surface area contributed by atoms with Crippen molar-refractivity contribution in [3.05, 3.63) is 0 Å². The molecule has 1 aliphatic heterocycles. The van der Waals surface area contributed by atoms with Gasteiger partial charge in [0.2, 0.25) is 23.6 Å². The number of carboxylic acids is 1. The van der Waals surface area contributed by atoms with Crippen LogP contribution in [-0.4, -0.2) is 89.0 Å². The second-order valence-corrected chi connectivity index (χ2v) is 9.39. The number of halogens is 1. The van der Waals surface area contributed by atoms with Gasteiger partial charge in [-0.25, -0.2) is 4.39 Å². The van der Waals surface area contributed by atoms with Crippen molar-refractivity contribution in [3.8, 4) is 6.07 Å². The van der Waals surface area contributed by atoms with Gasteiger partial charge >= 0.3 is 5.97 Å². The summed E-state index contributed by atoms with van der Waals surface area (Å²) in [6.45, 7) is 4.32. The molecule has 0 aromatic heterocycles. The molecule has 0 saturated carbocycles. The lowest BCUT2D eigenvalue weighted by atomic mass is 10.0. The van der Waals surface area contributed by atoms with E-state index in [4.69, 9.17) is 16.6 Å². The third-order valence-electron chi connectivity index (χ3n) is 5.83. The molecule has 2 unspecified atom stereocenters. The normalized spacial score (nSPS) is 19.0. The zero-order chi connectivity index (χ0) is 29.0. The lowest BCUT2D eigenvalue weighted by Crippen LogP contribution is -2.58. The van der Waals surface area contributed by atoms with Crippen LogP contribution in [0.5, 0.6) is 0 Å². The number of rotatable bonds is 14. The van der Waals surface area contributed by atoms with Crippen molar-refractivity contribution in [2.75, 3.05) is 13.1 Å². The minimum Gasteiger partial charge on any atom is -0.481 e. The smallest absolute Gasteiger partial charge is 0.303 e. The number of amides is 4.